The number of fused-ring (bicyclic) bond motifs is 1. The topological polar surface area (TPSA) is 53.3 Å². The molecule has 0 atom stereocenters. The first-order valence-corrected chi connectivity index (χ1v) is 14.0. The highest BCUT2D eigenvalue weighted by Gasteiger charge is 2.35. The Balaban J connectivity index is 1.86. The SMILES string of the molecule is COC(=O)c1ccnc(Cc2ccc3c(c2)cc(C(F)(F)F)n3COCC[Si](C)(C)C)c1. The summed E-state index contributed by atoms with van der Waals surface area (Å²) in [7, 11) is -0.0333. The molecule has 2 aromatic heterocycles. The summed E-state index contributed by atoms with van der Waals surface area (Å²) in [6.45, 7) is 6.87. The van der Waals surface area contributed by atoms with Crippen molar-refractivity contribution < 1.29 is 27.4 Å². The van der Waals surface area contributed by atoms with Gasteiger partial charge in [-0.15, -0.1) is 0 Å². The van der Waals surface area contributed by atoms with E-state index in [9.17, 15) is 18.0 Å². The van der Waals surface area contributed by atoms with Gasteiger partial charge in [0.05, 0.1) is 18.2 Å². The standard InChI is InChI=1S/C23H27F3N2O3Si/c1-30-22(29)17-7-8-27-19(13-17)12-16-5-6-20-18(11-16)14-21(23(24,25)26)28(20)15-31-9-10-32(2,3)4/h5-8,11,13-14H,9-10,12,15H2,1-4H3. The molecule has 172 valence electrons. The molecule has 0 aliphatic heterocycles. The van der Waals surface area contributed by atoms with Gasteiger partial charge >= 0.3 is 12.1 Å². The second kappa shape index (κ2) is 9.46. The second-order valence-electron chi connectivity index (χ2n) is 8.90. The van der Waals surface area contributed by atoms with Crippen LogP contribution in [0.4, 0.5) is 13.2 Å². The van der Waals surface area contributed by atoms with Crippen molar-refractivity contribution >= 4 is 24.9 Å². The molecule has 32 heavy (non-hydrogen) atoms. The molecule has 3 aromatic rings. The van der Waals surface area contributed by atoms with Gasteiger partial charge in [0.25, 0.3) is 0 Å². The Labute approximate surface area is 186 Å². The van der Waals surface area contributed by atoms with Crippen molar-refractivity contribution in [3.63, 3.8) is 0 Å². The van der Waals surface area contributed by atoms with Crippen LogP contribution in [0.3, 0.4) is 0 Å². The van der Waals surface area contributed by atoms with Gasteiger partial charge in [-0.05, 0) is 41.9 Å². The predicted molar refractivity (Wildman–Crippen MR) is 119 cm³/mol. The van der Waals surface area contributed by atoms with Crippen molar-refractivity contribution in [1.29, 1.82) is 0 Å². The Bertz CT molecular complexity index is 1100. The third-order valence-corrected chi connectivity index (χ3v) is 6.80. The van der Waals surface area contributed by atoms with Gasteiger partial charge in [-0.1, -0.05) is 25.7 Å². The molecule has 0 bridgehead atoms. The first-order valence-electron chi connectivity index (χ1n) is 10.3. The fourth-order valence-corrected chi connectivity index (χ4v) is 4.12. The summed E-state index contributed by atoms with van der Waals surface area (Å²) in [6.07, 6.45) is -2.60. The number of hydrogen-bond acceptors (Lipinski definition) is 4. The fraction of sp³-hybridized carbons (Fsp3) is 0.391. The minimum atomic E-state index is -4.49. The van der Waals surface area contributed by atoms with E-state index in [-0.39, 0.29) is 6.73 Å². The number of rotatable bonds is 8. The highest BCUT2D eigenvalue weighted by Crippen LogP contribution is 2.34. The van der Waals surface area contributed by atoms with Crippen molar-refractivity contribution in [3.05, 3.63) is 65.1 Å². The fourth-order valence-electron chi connectivity index (χ4n) is 3.37. The van der Waals surface area contributed by atoms with Crippen LogP contribution in [0, 0.1) is 0 Å². The first kappa shape index (κ1) is 24.0. The molecular weight excluding hydrogens is 437 g/mol. The Morgan fingerprint density at radius 2 is 1.88 bits per heavy atom. The predicted octanol–water partition coefficient (Wildman–Crippen LogP) is 5.74. The third kappa shape index (κ3) is 5.98. The highest BCUT2D eigenvalue weighted by molar-refractivity contribution is 6.76. The molecule has 0 N–H and O–H groups in total. The average Bonchev–Trinajstić information content (AvgIpc) is 3.08. The summed E-state index contributed by atoms with van der Waals surface area (Å²) in [4.78, 5) is 16.0. The van der Waals surface area contributed by atoms with Crippen LogP contribution in [0.2, 0.25) is 25.7 Å². The maximum Gasteiger partial charge on any atom is 0.431 e. The van der Waals surface area contributed by atoms with Crippen LogP contribution in [0.5, 0.6) is 0 Å². The zero-order valence-corrected chi connectivity index (χ0v) is 19.6. The largest absolute Gasteiger partial charge is 0.465 e. The lowest BCUT2D eigenvalue weighted by molar-refractivity contribution is -0.145. The maximum atomic E-state index is 13.7. The van der Waals surface area contributed by atoms with Gasteiger partial charge < -0.3 is 14.0 Å². The third-order valence-electron chi connectivity index (χ3n) is 5.10. The zero-order valence-electron chi connectivity index (χ0n) is 18.6. The lowest BCUT2D eigenvalue weighted by Gasteiger charge is -2.17. The van der Waals surface area contributed by atoms with Crippen LogP contribution in [-0.2, 0) is 28.8 Å². The lowest BCUT2D eigenvalue weighted by atomic mass is 10.1. The summed E-state index contributed by atoms with van der Waals surface area (Å²) in [5.41, 5.74) is 1.52. The van der Waals surface area contributed by atoms with E-state index in [4.69, 9.17) is 9.47 Å². The Morgan fingerprint density at radius 1 is 1.12 bits per heavy atom. The highest BCUT2D eigenvalue weighted by atomic mass is 28.3. The van der Waals surface area contributed by atoms with Crippen molar-refractivity contribution in [2.75, 3.05) is 13.7 Å². The molecule has 1 aromatic carbocycles. The zero-order chi connectivity index (χ0) is 23.5. The number of aromatic nitrogens is 2. The summed E-state index contributed by atoms with van der Waals surface area (Å²) in [5.74, 6) is -0.467. The number of carbonyl (C=O) groups is 1. The van der Waals surface area contributed by atoms with Gasteiger partial charge in [-0.3, -0.25) is 4.98 Å². The number of pyridine rings is 1. The second-order valence-corrected chi connectivity index (χ2v) is 14.5. The molecule has 0 aliphatic carbocycles. The minimum Gasteiger partial charge on any atom is -0.465 e. The van der Waals surface area contributed by atoms with E-state index in [1.165, 1.54) is 17.9 Å². The van der Waals surface area contributed by atoms with Crippen molar-refractivity contribution in [3.8, 4) is 0 Å². The van der Waals surface area contributed by atoms with E-state index < -0.39 is 25.9 Å². The Kier molecular flexibility index (Phi) is 7.09. The van der Waals surface area contributed by atoms with Crippen LogP contribution in [0.1, 0.15) is 27.3 Å². The Hall–Kier alpha value is -2.65. The van der Waals surface area contributed by atoms with Gasteiger partial charge in [0.2, 0.25) is 0 Å². The maximum absolute atomic E-state index is 13.7. The van der Waals surface area contributed by atoms with Crippen LogP contribution in [-0.4, -0.2) is 37.3 Å². The molecule has 0 aliphatic rings. The van der Waals surface area contributed by atoms with Gasteiger partial charge in [0.15, 0.2) is 0 Å². The van der Waals surface area contributed by atoms with Gasteiger partial charge in [-0.2, -0.15) is 13.2 Å². The molecule has 0 radical (unpaired) electrons. The van der Waals surface area contributed by atoms with Crippen LogP contribution in [0.25, 0.3) is 10.9 Å². The van der Waals surface area contributed by atoms with Gasteiger partial charge in [0, 0.05) is 38.4 Å². The number of halogens is 3. The molecule has 3 rings (SSSR count). The molecule has 5 nitrogen and oxygen atoms in total. The number of methoxy groups -OCH3 is 1. The number of benzene rings is 1. The number of hydrogen-bond donors (Lipinski definition) is 0. The average molecular weight is 465 g/mol. The van der Waals surface area contributed by atoms with E-state index >= 15 is 0 Å². The molecule has 9 heteroatoms. The molecule has 2 heterocycles. The quantitative estimate of drug-likeness (QED) is 0.242. The molecule has 0 saturated carbocycles. The van der Waals surface area contributed by atoms with Crippen molar-refractivity contribution in [2.24, 2.45) is 0 Å². The van der Waals surface area contributed by atoms with Crippen LogP contribution < -0.4 is 0 Å². The molecule has 0 saturated heterocycles. The van der Waals surface area contributed by atoms with Gasteiger partial charge in [-0.25, -0.2) is 4.79 Å². The van der Waals surface area contributed by atoms with Crippen LogP contribution >= 0.6 is 0 Å². The lowest BCUT2D eigenvalue weighted by Crippen LogP contribution is -2.22. The van der Waals surface area contributed by atoms with E-state index in [1.54, 1.807) is 30.3 Å². The minimum absolute atomic E-state index is 0.148. The number of esters is 1. The number of alkyl halides is 3. The molecule has 0 amide bonds. The van der Waals surface area contributed by atoms with Crippen molar-refractivity contribution in [1.82, 2.24) is 9.55 Å². The number of nitrogens with zero attached hydrogens (tertiary/aromatic N) is 2. The van der Waals surface area contributed by atoms with Crippen LogP contribution in [0.15, 0.2) is 42.6 Å². The Morgan fingerprint density at radius 3 is 2.53 bits per heavy atom. The summed E-state index contributed by atoms with van der Waals surface area (Å²) in [5, 5.41) is 0.479. The van der Waals surface area contributed by atoms with Gasteiger partial charge in [0.1, 0.15) is 12.4 Å². The molecule has 0 fully saturated rings. The van der Waals surface area contributed by atoms with E-state index in [0.717, 1.165) is 17.7 Å². The summed E-state index contributed by atoms with van der Waals surface area (Å²) in [6, 6.07) is 10.4. The first-order chi connectivity index (χ1) is 15.0. The summed E-state index contributed by atoms with van der Waals surface area (Å²) < 4.78 is 52.5. The summed E-state index contributed by atoms with van der Waals surface area (Å²) >= 11 is 0. The van der Waals surface area contributed by atoms with Crippen molar-refractivity contribution in [2.45, 2.75) is 45.0 Å². The van der Waals surface area contributed by atoms with E-state index in [1.807, 2.05) is 0 Å². The molecule has 0 spiro atoms. The number of carbonyl (C=O) groups excluding carboxylic acids is 1. The smallest absolute Gasteiger partial charge is 0.431 e. The molecule has 0 unspecified atom stereocenters. The van der Waals surface area contributed by atoms with E-state index in [0.29, 0.717) is 35.2 Å². The van der Waals surface area contributed by atoms with E-state index in [2.05, 4.69) is 24.6 Å². The monoisotopic (exact) mass is 464 g/mol. The number of ether oxygens (including phenoxy) is 2. The molecular formula is C23H27F3N2O3Si. The normalized spacial score (nSPS) is 12.3.